The van der Waals surface area contributed by atoms with Gasteiger partial charge in [0.15, 0.2) is 5.70 Å². The zero-order chi connectivity index (χ0) is 10.9. The molecule has 2 heterocycles. The van der Waals surface area contributed by atoms with Crippen LogP contribution in [0.1, 0.15) is 6.42 Å². The number of fused-ring (bicyclic) bond motifs is 1. The van der Waals surface area contributed by atoms with Crippen LogP contribution in [0.5, 0.6) is 0 Å². The Morgan fingerprint density at radius 2 is 2.47 bits per heavy atom. The molecule has 5 heteroatoms. The van der Waals surface area contributed by atoms with E-state index in [9.17, 15) is 10.0 Å². The van der Waals surface area contributed by atoms with Crippen molar-refractivity contribution in [2.24, 2.45) is 0 Å². The Labute approximate surface area is 87.7 Å². The molecule has 0 spiro atoms. The fourth-order valence-electron chi connectivity index (χ4n) is 1.88. The number of nitrogens with zero attached hydrogens (tertiary/aromatic N) is 1. The van der Waals surface area contributed by atoms with Gasteiger partial charge >= 0.3 is 5.97 Å². The van der Waals surface area contributed by atoms with Crippen molar-refractivity contribution in [2.75, 3.05) is 26.9 Å². The van der Waals surface area contributed by atoms with E-state index in [-0.39, 0.29) is 6.61 Å². The molecule has 0 bridgehead atoms. The third-order valence-corrected chi connectivity index (χ3v) is 2.71. The second-order valence-corrected chi connectivity index (χ2v) is 3.58. The second-order valence-electron chi connectivity index (χ2n) is 3.58. The van der Waals surface area contributed by atoms with Gasteiger partial charge in [0.2, 0.25) is 0 Å². The highest BCUT2D eigenvalue weighted by Gasteiger charge is 2.34. The Balaban J connectivity index is 2.38. The molecule has 0 amide bonds. The van der Waals surface area contributed by atoms with E-state index in [2.05, 4.69) is 4.74 Å². The van der Waals surface area contributed by atoms with E-state index in [4.69, 9.17) is 4.74 Å². The number of carbonyl (C=O) groups excluding carboxylic acids is 1. The Morgan fingerprint density at radius 3 is 3.20 bits per heavy atom. The van der Waals surface area contributed by atoms with Crippen LogP contribution in [0, 0.1) is 5.21 Å². The van der Waals surface area contributed by atoms with E-state index in [0.717, 1.165) is 0 Å². The Morgan fingerprint density at radius 1 is 1.67 bits per heavy atom. The van der Waals surface area contributed by atoms with Crippen LogP contribution < -0.4 is 0 Å². The van der Waals surface area contributed by atoms with Gasteiger partial charge < -0.3 is 19.3 Å². The summed E-state index contributed by atoms with van der Waals surface area (Å²) in [6.07, 6.45) is 3.74. The van der Waals surface area contributed by atoms with Crippen molar-refractivity contribution in [1.29, 1.82) is 0 Å². The standard InChI is InChI=1S/C10H13NO4/c1-14-10(12)8-3-2-4-11(13)5-6-15-7-9(8)11/h2,4H,3,5-7H2,1H3. The summed E-state index contributed by atoms with van der Waals surface area (Å²) in [5.41, 5.74) is 0.922. The van der Waals surface area contributed by atoms with Crippen LogP contribution in [0.2, 0.25) is 0 Å². The van der Waals surface area contributed by atoms with Crippen LogP contribution in [0.15, 0.2) is 23.5 Å². The van der Waals surface area contributed by atoms with E-state index in [1.54, 1.807) is 12.3 Å². The highest BCUT2D eigenvalue weighted by molar-refractivity contribution is 5.89. The van der Waals surface area contributed by atoms with Crippen molar-refractivity contribution in [3.63, 3.8) is 0 Å². The van der Waals surface area contributed by atoms with Crippen molar-refractivity contribution in [3.8, 4) is 0 Å². The largest absolute Gasteiger partial charge is 0.622 e. The minimum atomic E-state index is -0.565. The molecule has 1 unspecified atom stereocenters. The number of methoxy groups -OCH3 is 1. The highest BCUT2D eigenvalue weighted by atomic mass is 16.6. The monoisotopic (exact) mass is 211 g/mol. The average molecular weight is 211 g/mol. The number of rotatable bonds is 1. The van der Waals surface area contributed by atoms with Crippen molar-refractivity contribution in [2.45, 2.75) is 6.42 Å². The van der Waals surface area contributed by atoms with Crippen molar-refractivity contribution in [1.82, 2.24) is 0 Å². The number of hydroxylamine groups is 3. The highest BCUT2D eigenvalue weighted by Crippen LogP contribution is 2.30. The van der Waals surface area contributed by atoms with Gasteiger partial charge in [-0.25, -0.2) is 4.79 Å². The Kier molecular flexibility index (Phi) is 2.60. The number of hydrogen-bond acceptors (Lipinski definition) is 4. The van der Waals surface area contributed by atoms with E-state index in [1.807, 2.05) is 0 Å². The van der Waals surface area contributed by atoms with Gasteiger partial charge in [0.1, 0.15) is 18.7 Å². The molecule has 1 saturated heterocycles. The van der Waals surface area contributed by atoms with E-state index < -0.39 is 10.6 Å². The summed E-state index contributed by atoms with van der Waals surface area (Å²) < 4.78 is 9.30. The van der Waals surface area contributed by atoms with Crippen LogP contribution in [0.3, 0.4) is 0 Å². The molecule has 0 aromatic carbocycles. The lowest BCUT2D eigenvalue weighted by Gasteiger charge is -2.45. The molecule has 2 rings (SSSR count). The van der Waals surface area contributed by atoms with Gasteiger partial charge in [-0.05, 0) is 6.08 Å². The number of ether oxygens (including phenoxy) is 2. The van der Waals surface area contributed by atoms with Gasteiger partial charge in [-0.3, -0.25) is 0 Å². The lowest BCUT2D eigenvalue weighted by molar-refractivity contribution is -0.800. The first kappa shape index (κ1) is 10.4. The number of esters is 1. The fraction of sp³-hybridized carbons (Fsp3) is 0.500. The number of morpholine rings is 1. The molecule has 0 aliphatic carbocycles. The lowest BCUT2D eigenvalue weighted by Crippen LogP contribution is -2.46. The lowest BCUT2D eigenvalue weighted by atomic mass is 10.1. The maximum absolute atomic E-state index is 12.2. The predicted octanol–water partition coefficient (Wildman–Crippen LogP) is 0.676. The summed E-state index contributed by atoms with van der Waals surface area (Å²) in [4.78, 5) is 11.4. The van der Waals surface area contributed by atoms with Gasteiger partial charge in [-0.15, -0.1) is 0 Å². The topological polar surface area (TPSA) is 58.6 Å². The minimum absolute atomic E-state index is 0.221. The fourth-order valence-corrected chi connectivity index (χ4v) is 1.88. The maximum atomic E-state index is 12.2. The summed E-state index contributed by atoms with van der Waals surface area (Å²) in [6.45, 7) is 0.969. The number of allylic oxidation sites excluding steroid dienone is 1. The first-order valence-corrected chi connectivity index (χ1v) is 4.82. The number of quaternary nitrogens is 1. The van der Waals surface area contributed by atoms with E-state index >= 15 is 0 Å². The average Bonchev–Trinajstić information content (AvgIpc) is 2.26. The minimum Gasteiger partial charge on any atom is -0.622 e. The maximum Gasteiger partial charge on any atom is 0.339 e. The summed E-state index contributed by atoms with van der Waals surface area (Å²) in [5.74, 6) is -0.432. The normalized spacial score (nSPS) is 30.0. The number of carbonyl (C=O) groups is 1. The van der Waals surface area contributed by atoms with Crippen LogP contribution in [0.4, 0.5) is 0 Å². The predicted molar refractivity (Wildman–Crippen MR) is 52.1 cm³/mol. The molecule has 2 aliphatic rings. The zero-order valence-corrected chi connectivity index (χ0v) is 8.56. The molecule has 0 aromatic rings. The molecule has 0 N–H and O–H groups in total. The van der Waals surface area contributed by atoms with Crippen molar-refractivity contribution in [3.05, 3.63) is 28.8 Å². The molecule has 0 radical (unpaired) electrons. The Bertz CT molecular complexity index is 347. The molecular weight excluding hydrogens is 198 g/mol. The van der Waals surface area contributed by atoms with Gasteiger partial charge in [0.25, 0.3) is 0 Å². The Hall–Kier alpha value is -1.17. The third kappa shape index (κ3) is 1.69. The van der Waals surface area contributed by atoms with Crippen LogP contribution in [-0.4, -0.2) is 37.5 Å². The van der Waals surface area contributed by atoms with E-state index in [1.165, 1.54) is 7.11 Å². The summed E-state index contributed by atoms with van der Waals surface area (Å²) in [7, 11) is 1.32. The summed E-state index contributed by atoms with van der Waals surface area (Å²) in [5, 5.41) is 12.2. The molecule has 82 valence electrons. The molecule has 15 heavy (non-hydrogen) atoms. The summed E-state index contributed by atoms with van der Waals surface area (Å²) in [6, 6.07) is 0. The van der Waals surface area contributed by atoms with Gasteiger partial charge in [-0.2, -0.15) is 0 Å². The van der Waals surface area contributed by atoms with Crippen LogP contribution in [-0.2, 0) is 14.3 Å². The van der Waals surface area contributed by atoms with Gasteiger partial charge in [0, 0.05) is 6.42 Å². The SMILES string of the molecule is COC(=O)C1=C2COCC[N+]2([O-])C=CC1. The van der Waals surface area contributed by atoms with Crippen LogP contribution in [0.25, 0.3) is 0 Å². The zero-order valence-electron chi connectivity index (χ0n) is 8.56. The quantitative estimate of drug-likeness (QED) is 0.363. The first-order chi connectivity index (χ1) is 7.17. The van der Waals surface area contributed by atoms with Crippen LogP contribution >= 0.6 is 0 Å². The molecular formula is C10H13NO4. The summed E-state index contributed by atoms with van der Waals surface area (Å²) >= 11 is 0. The molecule has 2 aliphatic heterocycles. The molecule has 1 atom stereocenters. The molecule has 0 saturated carbocycles. The second kappa shape index (κ2) is 3.77. The number of hydrogen-bond donors (Lipinski definition) is 0. The molecule has 5 nitrogen and oxygen atoms in total. The van der Waals surface area contributed by atoms with Crippen molar-refractivity contribution >= 4 is 5.97 Å². The van der Waals surface area contributed by atoms with Gasteiger partial charge in [0.05, 0.1) is 19.9 Å². The van der Waals surface area contributed by atoms with Crippen molar-refractivity contribution < 1.29 is 18.9 Å². The first-order valence-electron chi connectivity index (χ1n) is 4.82. The molecule has 0 aromatic heterocycles. The van der Waals surface area contributed by atoms with E-state index in [0.29, 0.717) is 30.8 Å². The smallest absolute Gasteiger partial charge is 0.339 e. The molecule has 1 fully saturated rings. The third-order valence-electron chi connectivity index (χ3n) is 2.71. The van der Waals surface area contributed by atoms with Gasteiger partial charge in [-0.1, -0.05) is 0 Å².